The van der Waals surface area contributed by atoms with Gasteiger partial charge in [-0.25, -0.2) is 12.8 Å². The van der Waals surface area contributed by atoms with Crippen LogP contribution in [0.4, 0.5) is 4.39 Å². The average Bonchev–Trinajstić information content (AvgIpc) is 3.24. The highest BCUT2D eigenvalue weighted by Gasteiger charge is 2.38. The Labute approximate surface area is 174 Å². The number of rotatable bonds is 6. The van der Waals surface area contributed by atoms with Crippen LogP contribution in [0.25, 0.3) is 0 Å². The Bertz CT molecular complexity index is 1070. The SMILES string of the molecule is O=S(=O)(c1ccc(F)cc1)N1CCSC1c1ccccc1OCc1ccccc1. The number of hydrogen-bond acceptors (Lipinski definition) is 4. The third kappa shape index (κ3) is 4.32. The molecule has 1 fully saturated rings. The summed E-state index contributed by atoms with van der Waals surface area (Å²) >= 11 is 1.56. The molecule has 3 aromatic rings. The maximum atomic E-state index is 13.2. The van der Waals surface area contributed by atoms with Gasteiger partial charge in [0.25, 0.3) is 0 Å². The molecule has 0 saturated carbocycles. The number of ether oxygens (including phenoxy) is 1. The van der Waals surface area contributed by atoms with Gasteiger partial charge < -0.3 is 4.74 Å². The monoisotopic (exact) mass is 429 g/mol. The van der Waals surface area contributed by atoms with Gasteiger partial charge >= 0.3 is 0 Å². The summed E-state index contributed by atoms with van der Waals surface area (Å²) in [7, 11) is -3.75. The zero-order valence-electron chi connectivity index (χ0n) is 15.6. The van der Waals surface area contributed by atoms with Crippen molar-refractivity contribution in [1.82, 2.24) is 4.31 Å². The van der Waals surface area contributed by atoms with E-state index in [-0.39, 0.29) is 4.90 Å². The smallest absolute Gasteiger partial charge is 0.244 e. The summed E-state index contributed by atoms with van der Waals surface area (Å²) in [6, 6.07) is 22.3. The van der Waals surface area contributed by atoms with Crippen molar-refractivity contribution in [2.24, 2.45) is 0 Å². The lowest BCUT2D eigenvalue weighted by molar-refractivity contribution is 0.298. The predicted molar refractivity (Wildman–Crippen MR) is 113 cm³/mol. The van der Waals surface area contributed by atoms with Crippen molar-refractivity contribution in [3.05, 3.63) is 95.8 Å². The molecule has 3 aromatic carbocycles. The van der Waals surface area contributed by atoms with Gasteiger partial charge in [0.05, 0.1) is 10.3 Å². The molecule has 1 aliphatic heterocycles. The van der Waals surface area contributed by atoms with E-state index in [0.717, 1.165) is 11.1 Å². The Kier molecular flexibility index (Phi) is 5.89. The Hall–Kier alpha value is -2.35. The van der Waals surface area contributed by atoms with Gasteiger partial charge in [-0.1, -0.05) is 48.5 Å². The van der Waals surface area contributed by atoms with Crippen LogP contribution in [-0.2, 0) is 16.6 Å². The molecule has 1 aliphatic rings. The summed E-state index contributed by atoms with van der Waals surface area (Å²) in [6.07, 6.45) is 0. The molecule has 1 heterocycles. The number of halogens is 1. The molecule has 150 valence electrons. The van der Waals surface area contributed by atoms with Crippen molar-refractivity contribution in [1.29, 1.82) is 0 Å². The van der Waals surface area contributed by atoms with E-state index in [9.17, 15) is 12.8 Å². The van der Waals surface area contributed by atoms with Gasteiger partial charge in [-0.3, -0.25) is 0 Å². The van der Waals surface area contributed by atoms with Gasteiger partial charge in [0, 0.05) is 17.9 Å². The maximum Gasteiger partial charge on any atom is 0.244 e. The third-order valence-corrected chi connectivity index (χ3v) is 7.95. The summed E-state index contributed by atoms with van der Waals surface area (Å²) < 4.78 is 47.1. The molecular formula is C22H20FNO3S2. The summed E-state index contributed by atoms with van der Waals surface area (Å²) in [4.78, 5) is 0.0917. The van der Waals surface area contributed by atoms with Crippen LogP contribution in [0.3, 0.4) is 0 Å². The molecule has 0 spiro atoms. The molecule has 29 heavy (non-hydrogen) atoms. The van der Waals surface area contributed by atoms with Crippen molar-refractivity contribution in [3.8, 4) is 5.75 Å². The minimum atomic E-state index is -3.75. The number of benzene rings is 3. The molecular weight excluding hydrogens is 409 g/mol. The largest absolute Gasteiger partial charge is 0.489 e. The molecule has 0 amide bonds. The van der Waals surface area contributed by atoms with Crippen LogP contribution in [-0.4, -0.2) is 25.0 Å². The van der Waals surface area contributed by atoms with Gasteiger partial charge in [-0.2, -0.15) is 4.31 Å². The van der Waals surface area contributed by atoms with Crippen molar-refractivity contribution in [3.63, 3.8) is 0 Å². The van der Waals surface area contributed by atoms with Crippen LogP contribution in [0.5, 0.6) is 5.75 Å². The Morgan fingerprint density at radius 2 is 1.66 bits per heavy atom. The van der Waals surface area contributed by atoms with E-state index >= 15 is 0 Å². The molecule has 0 aliphatic carbocycles. The van der Waals surface area contributed by atoms with Crippen LogP contribution < -0.4 is 4.74 Å². The first-order valence-electron chi connectivity index (χ1n) is 9.20. The first-order chi connectivity index (χ1) is 14.1. The molecule has 1 atom stereocenters. The lowest BCUT2D eigenvalue weighted by Crippen LogP contribution is -2.30. The van der Waals surface area contributed by atoms with Gasteiger partial charge in [-0.15, -0.1) is 11.8 Å². The lowest BCUT2D eigenvalue weighted by atomic mass is 10.2. The fourth-order valence-corrected chi connectivity index (χ4v) is 6.50. The first kappa shape index (κ1) is 19.9. The molecule has 1 saturated heterocycles. The summed E-state index contributed by atoms with van der Waals surface area (Å²) in [5, 5.41) is -0.392. The number of hydrogen-bond donors (Lipinski definition) is 0. The Morgan fingerprint density at radius 3 is 2.41 bits per heavy atom. The fraction of sp³-hybridized carbons (Fsp3) is 0.182. The molecule has 0 radical (unpaired) electrons. The molecule has 7 heteroatoms. The topological polar surface area (TPSA) is 46.6 Å². The van der Waals surface area contributed by atoms with Gasteiger partial charge in [0.1, 0.15) is 18.2 Å². The van der Waals surface area contributed by atoms with E-state index < -0.39 is 21.2 Å². The van der Waals surface area contributed by atoms with Crippen molar-refractivity contribution in [2.75, 3.05) is 12.3 Å². The van der Waals surface area contributed by atoms with E-state index in [0.29, 0.717) is 24.7 Å². The van der Waals surface area contributed by atoms with Crippen molar-refractivity contribution < 1.29 is 17.5 Å². The lowest BCUT2D eigenvalue weighted by Gasteiger charge is -2.25. The molecule has 0 aromatic heterocycles. The number of thioether (sulfide) groups is 1. The fourth-order valence-electron chi connectivity index (χ4n) is 3.24. The average molecular weight is 430 g/mol. The van der Waals surface area contributed by atoms with E-state index in [1.165, 1.54) is 28.6 Å². The summed E-state index contributed by atoms with van der Waals surface area (Å²) in [5.74, 6) is 0.879. The van der Waals surface area contributed by atoms with E-state index in [1.807, 2.05) is 54.6 Å². The Balaban J connectivity index is 1.61. The zero-order chi connectivity index (χ0) is 20.3. The molecule has 4 nitrogen and oxygen atoms in total. The van der Waals surface area contributed by atoms with E-state index in [4.69, 9.17) is 4.74 Å². The van der Waals surface area contributed by atoms with Crippen LogP contribution >= 0.6 is 11.8 Å². The predicted octanol–water partition coefficient (Wildman–Crippen LogP) is 4.84. The quantitative estimate of drug-likeness (QED) is 0.563. The molecule has 1 unspecified atom stereocenters. The van der Waals surface area contributed by atoms with Crippen molar-refractivity contribution in [2.45, 2.75) is 16.9 Å². The summed E-state index contributed by atoms with van der Waals surface area (Å²) in [6.45, 7) is 0.794. The number of sulfonamides is 1. The maximum absolute atomic E-state index is 13.2. The first-order valence-corrected chi connectivity index (χ1v) is 11.7. The highest BCUT2D eigenvalue weighted by molar-refractivity contribution is 8.01. The normalized spacial score (nSPS) is 17.3. The van der Waals surface area contributed by atoms with Crippen LogP contribution in [0.1, 0.15) is 16.5 Å². The van der Waals surface area contributed by atoms with Crippen LogP contribution in [0.2, 0.25) is 0 Å². The van der Waals surface area contributed by atoms with Crippen molar-refractivity contribution >= 4 is 21.8 Å². The van der Waals surface area contributed by atoms with Gasteiger partial charge in [0.15, 0.2) is 0 Å². The second kappa shape index (κ2) is 8.57. The molecule has 0 N–H and O–H groups in total. The van der Waals surface area contributed by atoms with Gasteiger partial charge in [-0.05, 0) is 35.9 Å². The molecule has 4 rings (SSSR count). The number of para-hydroxylation sites is 1. The Morgan fingerprint density at radius 1 is 0.966 bits per heavy atom. The van der Waals surface area contributed by atoms with Crippen LogP contribution in [0, 0.1) is 5.82 Å². The zero-order valence-corrected chi connectivity index (χ0v) is 17.2. The molecule has 0 bridgehead atoms. The standard InChI is InChI=1S/C22H20FNO3S2/c23-18-10-12-19(13-11-18)29(25,26)24-14-15-28-22(24)20-8-4-5-9-21(20)27-16-17-6-2-1-3-7-17/h1-13,22H,14-16H2. The second-order valence-corrected chi connectivity index (χ2v) is 9.68. The van der Waals surface area contributed by atoms with E-state index in [2.05, 4.69) is 0 Å². The summed E-state index contributed by atoms with van der Waals surface area (Å²) in [5.41, 5.74) is 1.86. The minimum absolute atomic E-state index is 0.0917. The van der Waals surface area contributed by atoms with Crippen LogP contribution in [0.15, 0.2) is 83.8 Å². The number of nitrogens with zero attached hydrogens (tertiary/aromatic N) is 1. The van der Waals surface area contributed by atoms with Gasteiger partial charge in [0.2, 0.25) is 10.0 Å². The van der Waals surface area contributed by atoms with E-state index in [1.54, 1.807) is 11.8 Å². The highest BCUT2D eigenvalue weighted by atomic mass is 32.2. The third-order valence-electron chi connectivity index (χ3n) is 4.69. The highest BCUT2D eigenvalue weighted by Crippen LogP contribution is 2.44. The minimum Gasteiger partial charge on any atom is -0.489 e. The second-order valence-electron chi connectivity index (χ2n) is 6.60.